The van der Waals surface area contributed by atoms with Gasteiger partial charge in [-0.25, -0.2) is 4.39 Å². The van der Waals surface area contributed by atoms with Crippen LogP contribution in [0.2, 0.25) is 0 Å². The van der Waals surface area contributed by atoms with E-state index in [9.17, 15) is 9.18 Å². The summed E-state index contributed by atoms with van der Waals surface area (Å²) in [4.78, 5) is 12.0. The van der Waals surface area contributed by atoms with Crippen LogP contribution in [0.4, 0.5) is 4.39 Å². The molecule has 1 amide bonds. The Kier molecular flexibility index (Phi) is 3.95. The zero-order valence-electron chi connectivity index (χ0n) is 11.0. The highest BCUT2D eigenvalue weighted by Crippen LogP contribution is 2.10. The van der Waals surface area contributed by atoms with Crippen LogP contribution in [0.3, 0.4) is 0 Å². The molecule has 0 unspecified atom stereocenters. The van der Waals surface area contributed by atoms with E-state index in [1.165, 1.54) is 12.1 Å². The van der Waals surface area contributed by atoms with E-state index in [1.807, 2.05) is 32.0 Å². The fraction of sp³-hybridized carbons (Fsp3) is 0.188. The lowest BCUT2D eigenvalue weighted by Crippen LogP contribution is -2.23. The van der Waals surface area contributed by atoms with Crippen LogP contribution < -0.4 is 5.32 Å². The van der Waals surface area contributed by atoms with Gasteiger partial charge < -0.3 is 5.32 Å². The van der Waals surface area contributed by atoms with Crippen molar-refractivity contribution in [2.24, 2.45) is 0 Å². The minimum atomic E-state index is -0.258. The normalized spacial score (nSPS) is 10.3. The molecule has 1 N–H and O–H groups in total. The molecule has 0 spiro atoms. The van der Waals surface area contributed by atoms with Crippen molar-refractivity contribution in [1.82, 2.24) is 5.32 Å². The molecule has 2 nitrogen and oxygen atoms in total. The lowest BCUT2D eigenvalue weighted by atomic mass is 10.1. The molecule has 0 aliphatic carbocycles. The van der Waals surface area contributed by atoms with E-state index < -0.39 is 0 Å². The largest absolute Gasteiger partial charge is 0.348 e. The second-order valence-corrected chi connectivity index (χ2v) is 4.62. The van der Waals surface area contributed by atoms with E-state index in [-0.39, 0.29) is 11.7 Å². The van der Waals surface area contributed by atoms with Crippen LogP contribution in [-0.2, 0) is 6.54 Å². The van der Waals surface area contributed by atoms with Crippen LogP contribution >= 0.6 is 0 Å². The van der Waals surface area contributed by atoms with Crippen molar-refractivity contribution in [2.45, 2.75) is 20.4 Å². The summed E-state index contributed by atoms with van der Waals surface area (Å²) in [5.74, 6) is -0.376. The van der Waals surface area contributed by atoms with Crippen LogP contribution in [0, 0.1) is 19.7 Å². The quantitative estimate of drug-likeness (QED) is 0.897. The fourth-order valence-electron chi connectivity index (χ4n) is 1.92. The summed E-state index contributed by atoms with van der Waals surface area (Å²) in [5.41, 5.74) is 3.44. The standard InChI is InChI=1S/C16H16FNO/c1-11-4-3-5-13(8-11)16(19)18-10-14-6-7-15(17)9-12(14)2/h3-9H,10H2,1-2H3,(H,18,19). The monoisotopic (exact) mass is 257 g/mol. The van der Waals surface area contributed by atoms with Gasteiger partial charge >= 0.3 is 0 Å². The number of amides is 1. The molecule has 3 heteroatoms. The number of halogens is 1. The third kappa shape index (κ3) is 3.41. The topological polar surface area (TPSA) is 29.1 Å². The Morgan fingerprint density at radius 3 is 2.63 bits per heavy atom. The predicted octanol–water partition coefficient (Wildman–Crippen LogP) is 3.37. The van der Waals surface area contributed by atoms with Gasteiger partial charge in [-0.15, -0.1) is 0 Å². The molecule has 0 saturated carbocycles. The second kappa shape index (κ2) is 5.65. The molecule has 0 bridgehead atoms. The van der Waals surface area contributed by atoms with Crippen molar-refractivity contribution in [2.75, 3.05) is 0 Å². The van der Waals surface area contributed by atoms with Gasteiger partial charge in [0.05, 0.1) is 0 Å². The molecule has 2 rings (SSSR count). The summed E-state index contributed by atoms with van der Waals surface area (Å²) in [5, 5.41) is 2.84. The highest BCUT2D eigenvalue weighted by Gasteiger charge is 2.06. The van der Waals surface area contributed by atoms with Gasteiger partial charge in [0, 0.05) is 12.1 Å². The molecule has 19 heavy (non-hydrogen) atoms. The van der Waals surface area contributed by atoms with Crippen molar-refractivity contribution in [3.63, 3.8) is 0 Å². The molecular weight excluding hydrogens is 241 g/mol. The Balaban J connectivity index is 2.04. The molecule has 98 valence electrons. The molecule has 2 aromatic carbocycles. The fourth-order valence-corrected chi connectivity index (χ4v) is 1.92. The molecule has 2 aromatic rings. The van der Waals surface area contributed by atoms with Crippen LogP contribution in [0.15, 0.2) is 42.5 Å². The first-order chi connectivity index (χ1) is 9.06. The second-order valence-electron chi connectivity index (χ2n) is 4.62. The lowest BCUT2D eigenvalue weighted by molar-refractivity contribution is 0.0951. The molecule has 0 aliphatic rings. The molecule has 0 atom stereocenters. The summed E-state index contributed by atoms with van der Waals surface area (Å²) in [6.07, 6.45) is 0. The molecular formula is C16H16FNO. The average molecular weight is 257 g/mol. The van der Waals surface area contributed by atoms with Crippen LogP contribution in [0.5, 0.6) is 0 Å². The molecule has 0 aromatic heterocycles. The van der Waals surface area contributed by atoms with Gasteiger partial charge in [0.2, 0.25) is 0 Å². The number of carbonyl (C=O) groups excluding carboxylic acids is 1. The predicted molar refractivity (Wildman–Crippen MR) is 73.5 cm³/mol. The van der Waals surface area contributed by atoms with E-state index in [0.29, 0.717) is 12.1 Å². The summed E-state index contributed by atoms with van der Waals surface area (Å²) in [6, 6.07) is 12.0. The maximum Gasteiger partial charge on any atom is 0.251 e. The van der Waals surface area contributed by atoms with Crippen LogP contribution in [0.25, 0.3) is 0 Å². The third-order valence-electron chi connectivity index (χ3n) is 3.02. The summed E-state index contributed by atoms with van der Waals surface area (Å²) < 4.78 is 13.0. The number of rotatable bonds is 3. The van der Waals surface area contributed by atoms with Gasteiger partial charge in [-0.2, -0.15) is 0 Å². The van der Waals surface area contributed by atoms with Crippen molar-refractivity contribution in [3.05, 3.63) is 70.5 Å². The first-order valence-corrected chi connectivity index (χ1v) is 6.16. The first kappa shape index (κ1) is 13.3. The summed E-state index contributed by atoms with van der Waals surface area (Å²) >= 11 is 0. The van der Waals surface area contributed by atoms with Crippen molar-refractivity contribution >= 4 is 5.91 Å². The Labute approximate surface area is 112 Å². The van der Waals surface area contributed by atoms with E-state index in [1.54, 1.807) is 12.1 Å². The van der Waals surface area contributed by atoms with Gasteiger partial charge in [-0.3, -0.25) is 4.79 Å². The first-order valence-electron chi connectivity index (χ1n) is 6.16. The number of benzene rings is 2. The van der Waals surface area contributed by atoms with Gasteiger partial charge in [-0.05, 0) is 49.2 Å². The number of nitrogens with one attached hydrogen (secondary N) is 1. The minimum absolute atomic E-state index is 0.118. The van der Waals surface area contributed by atoms with E-state index in [0.717, 1.165) is 16.7 Å². The zero-order valence-corrected chi connectivity index (χ0v) is 11.0. The van der Waals surface area contributed by atoms with Gasteiger partial charge in [0.1, 0.15) is 5.82 Å². The number of hydrogen-bond donors (Lipinski definition) is 1. The van der Waals surface area contributed by atoms with Crippen molar-refractivity contribution in [3.8, 4) is 0 Å². The lowest BCUT2D eigenvalue weighted by Gasteiger charge is -2.08. The number of aryl methyl sites for hydroxylation is 2. The Morgan fingerprint density at radius 2 is 1.95 bits per heavy atom. The number of hydrogen-bond acceptors (Lipinski definition) is 1. The maximum atomic E-state index is 13.0. The summed E-state index contributed by atoms with van der Waals surface area (Å²) in [6.45, 7) is 4.18. The summed E-state index contributed by atoms with van der Waals surface area (Å²) in [7, 11) is 0. The molecule has 0 radical (unpaired) electrons. The van der Waals surface area contributed by atoms with E-state index in [4.69, 9.17) is 0 Å². The average Bonchev–Trinajstić information content (AvgIpc) is 2.37. The molecule has 0 fully saturated rings. The molecule has 0 aliphatic heterocycles. The maximum absolute atomic E-state index is 13.0. The molecule has 0 heterocycles. The third-order valence-corrected chi connectivity index (χ3v) is 3.02. The zero-order chi connectivity index (χ0) is 13.8. The van der Waals surface area contributed by atoms with E-state index in [2.05, 4.69) is 5.32 Å². The van der Waals surface area contributed by atoms with Gasteiger partial charge in [0.15, 0.2) is 0 Å². The smallest absolute Gasteiger partial charge is 0.251 e. The van der Waals surface area contributed by atoms with Gasteiger partial charge in [-0.1, -0.05) is 23.8 Å². The highest BCUT2D eigenvalue weighted by atomic mass is 19.1. The SMILES string of the molecule is Cc1cccc(C(=O)NCc2ccc(F)cc2C)c1. The van der Waals surface area contributed by atoms with Crippen LogP contribution in [0.1, 0.15) is 27.0 Å². The van der Waals surface area contributed by atoms with E-state index >= 15 is 0 Å². The van der Waals surface area contributed by atoms with Gasteiger partial charge in [0.25, 0.3) is 5.91 Å². The van der Waals surface area contributed by atoms with Crippen LogP contribution in [-0.4, -0.2) is 5.91 Å². The highest BCUT2D eigenvalue weighted by molar-refractivity contribution is 5.94. The molecule has 0 saturated heterocycles. The number of carbonyl (C=O) groups is 1. The Morgan fingerprint density at radius 1 is 1.16 bits per heavy atom. The van der Waals surface area contributed by atoms with Crippen molar-refractivity contribution in [1.29, 1.82) is 0 Å². The Hall–Kier alpha value is -2.16. The Bertz CT molecular complexity index is 607. The minimum Gasteiger partial charge on any atom is -0.348 e. The van der Waals surface area contributed by atoms with Crippen molar-refractivity contribution < 1.29 is 9.18 Å².